The third-order valence-electron chi connectivity index (χ3n) is 6.46. The first kappa shape index (κ1) is 22.7. The highest BCUT2D eigenvalue weighted by molar-refractivity contribution is 7.98. The van der Waals surface area contributed by atoms with Crippen molar-refractivity contribution in [3.05, 3.63) is 146 Å². The van der Waals surface area contributed by atoms with E-state index in [1.165, 1.54) is 10.6 Å². The molecule has 3 heteroatoms. The SMILES string of the molecule is C[P+](c1ccccc1)(c1ccccc1)c1ccccc1[P+](F)(c1ccccc1)c1ccccc1. The van der Waals surface area contributed by atoms with Crippen LogP contribution in [0.3, 0.4) is 0 Å². The number of rotatable bonds is 6. The van der Waals surface area contributed by atoms with Crippen molar-refractivity contribution in [2.45, 2.75) is 0 Å². The third-order valence-corrected chi connectivity index (χ3v) is 13.7. The molecular weight excluding hydrogens is 453 g/mol. The standard InChI is InChI=1S/C31H27FP2/c1-33(26-16-6-2-7-17-26,27-18-8-3-9-19-27)30-24-14-15-25-31(30)34(32,28-20-10-4-11-21-28)29-22-12-5-13-23-29/h2-25H,1H3/q+2. The van der Waals surface area contributed by atoms with E-state index in [9.17, 15) is 0 Å². The minimum Gasteiger partial charge on any atom is -0.0620 e. The molecule has 166 valence electrons. The quantitative estimate of drug-likeness (QED) is 0.270. The molecule has 0 nitrogen and oxygen atoms in total. The maximum absolute atomic E-state index is 17.9. The molecule has 0 saturated carbocycles. The number of hydrogen-bond acceptors (Lipinski definition) is 0. The largest absolute Gasteiger partial charge is 0.302 e. The highest BCUT2D eigenvalue weighted by Crippen LogP contribution is 2.60. The van der Waals surface area contributed by atoms with E-state index in [1.54, 1.807) is 0 Å². The molecular formula is C31H27FP2+2. The van der Waals surface area contributed by atoms with E-state index in [0.717, 1.165) is 21.2 Å². The van der Waals surface area contributed by atoms with Gasteiger partial charge in [0, 0.05) is 0 Å². The molecule has 0 aliphatic rings. The second kappa shape index (κ2) is 9.63. The average Bonchev–Trinajstić information content (AvgIpc) is 2.94. The van der Waals surface area contributed by atoms with Crippen LogP contribution in [0.25, 0.3) is 0 Å². The minimum atomic E-state index is -3.37. The maximum Gasteiger partial charge on any atom is 0.302 e. The highest BCUT2D eigenvalue weighted by atomic mass is 31.2. The fourth-order valence-electron chi connectivity index (χ4n) is 4.68. The van der Waals surface area contributed by atoms with E-state index in [-0.39, 0.29) is 0 Å². The lowest BCUT2D eigenvalue weighted by atomic mass is 10.3. The van der Waals surface area contributed by atoms with Crippen LogP contribution >= 0.6 is 14.8 Å². The molecule has 5 aromatic carbocycles. The lowest BCUT2D eigenvalue weighted by molar-refractivity contribution is 0.901. The van der Waals surface area contributed by atoms with Gasteiger partial charge in [-0.2, -0.15) is 0 Å². The van der Waals surface area contributed by atoms with Crippen molar-refractivity contribution in [1.82, 2.24) is 0 Å². The Hall–Kier alpha value is -3.11. The van der Waals surface area contributed by atoms with E-state index in [2.05, 4.69) is 67.3 Å². The Bertz CT molecular complexity index is 1170. The molecule has 0 saturated heterocycles. The van der Waals surface area contributed by atoms with Crippen LogP contribution in [0.5, 0.6) is 0 Å². The van der Waals surface area contributed by atoms with Crippen molar-refractivity contribution in [3.8, 4) is 0 Å². The summed E-state index contributed by atoms with van der Waals surface area (Å²) in [6.07, 6.45) is 0. The smallest absolute Gasteiger partial charge is 0.0620 e. The Morgan fingerprint density at radius 3 is 1.06 bits per heavy atom. The van der Waals surface area contributed by atoms with Crippen LogP contribution in [0.1, 0.15) is 0 Å². The molecule has 5 aromatic rings. The van der Waals surface area contributed by atoms with Gasteiger partial charge in [0.25, 0.3) is 0 Å². The summed E-state index contributed by atoms with van der Waals surface area (Å²) in [7, 11) is -5.49. The summed E-state index contributed by atoms with van der Waals surface area (Å²) in [5.41, 5.74) is 0. The van der Waals surface area contributed by atoms with Crippen molar-refractivity contribution >= 4 is 46.7 Å². The molecule has 0 amide bonds. The topological polar surface area (TPSA) is 0 Å². The molecule has 0 spiro atoms. The molecule has 0 unspecified atom stereocenters. The van der Waals surface area contributed by atoms with Crippen molar-refractivity contribution in [2.75, 3.05) is 6.66 Å². The van der Waals surface area contributed by atoms with Gasteiger partial charge < -0.3 is 0 Å². The predicted octanol–water partition coefficient (Wildman–Crippen LogP) is 5.79. The van der Waals surface area contributed by atoms with E-state index in [1.807, 2.05) is 84.9 Å². The van der Waals surface area contributed by atoms with Gasteiger partial charge in [-0.1, -0.05) is 84.9 Å². The van der Waals surface area contributed by atoms with Crippen LogP contribution < -0.4 is 31.8 Å². The fraction of sp³-hybridized carbons (Fsp3) is 0.0323. The first-order valence-corrected chi connectivity index (χ1v) is 15.3. The molecule has 0 radical (unpaired) electrons. The average molecular weight is 481 g/mol. The van der Waals surface area contributed by atoms with Crippen LogP contribution in [0.2, 0.25) is 0 Å². The van der Waals surface area contributed by atoms with Gasteiger partial charge in [0.1, 0.15) is 33.8 Å². The second-order valence-corrected chi connectivity index (χ2v) is 14.6. The summed E-state index contributed by atoms with van der Waals surface area (Å²) < 4.78 is 17.9. The zero-order valence-corrected chi connectivity index (χ0v) is 20.9. The molecule has 5 rings (SSSR count). The van der Waals surface area contributed by atoms with Crippen molar-refractivity contribution in [2.24, 2.45) is 0 Å². The lowest BCUT2D eigenvalue weighted by Gasteiger charge is -2.26. The van der Waals surface area contributed by atoms with Gasteiger partial charge in [-0.3, -0.25) is 0 Å². The Balaban J connectivity index is 1.85. The van der Waals surface area contributed by atoms with E-state index in [0.29, 0.717) is 0 Å². The second-order valence-electron chi connectivity index (χ2n) is 8.43. The Kier molecular flexibility index (Phi) is 6.42. The molecule has 0 bridgehead atoms. The predicted molar refractivity (Wildman–Crippen MR) is 151 cm³/mol. The zero-order valence-electron chi connectivity index (χ0n) is 19.1. The van der Waals surface area contributed by atoms with Crippen LogP contribution in [0.15, 0.2) is 146 Å². The fourth-order valence-corrected chi connectivity index (χ4v) is 11.7. The Labute approximate surface area is 202 Å². The highest BCUT2D eigenvalue weighted by Gasteiger charge is 2.55. The lowest BCUT2D eigenvalue weighted by Crippen LogP contribution is -2.42. The van der Waals surface area contributed by atoms with Crippen LogP contribution in [-0.4, -0.2) is 6.66 Å². The molecule has 0 heterocycles. The summed E-state index contributed by atoms with van der Waals surface area (Å²) in [5, 5.41) is 5.93. The molecule has 0 atom stereocenters. The Morgan fingerprint density at radius 2 is 0.676 bits per heavy atom. The van der Waals surface area contributed by atoms with E-state index < -0.39 is 14.8 Å². The number of hydrogen-bond donors (Lipinski definition) is 0. The maximum atomic E-state index is 17.9. The van der Waals surface area contributed by atoms with Gasteiger partial charge in [-0.05, 0) is 64.9 Å². The summed E-state index contributed by atoms with van der Waals surface area (Å²) in [6, 6.07) is 48.9. The first-order valence-electron chi connectivity index (χ1n) is 11.4. The first-order chi connectivity index (χ1) is 16.6. The minimum absolute atomic E-state index is 0.751. The van der Waals surface area contributed by atoms with E-state index in [4.69, 9.17) is 0 Å². The molecule has 0 aromatic heterocycles. The monoisotopic (exact) mass is 480 g/mol. The van der Waals surface area contributed by atoms with Crippen LogP contribution in [-0.2, 0) is 0 Å². The number of benzene rings is 5. The van der Waals surface area contributed by atoms with Gasteiger partial charge in [0.15, 0.2) is 5.30 Å². The van der Waals surface area contributed by atoms with Crippen molar-refractivity contribution in [1.29, 1.82) is 0 Å². The summed E-state index contributed by atoms with van der Waals surface area (Å²) in [6.45, 7) is 2.33. The molecule has 0 aliphatic carbocycles. The van der Waals surface area contributed by atoms with Crippen LogP contribution in [0.4, 0.5) is 4.20 Å². The van der Waals surface area contributed by atoms with Crippen LogP contribution in [0, 0.1) is 0 Å². The van der Waals surface area contributed by atoms with E-state index >= 15 is 4.20 Å². The van der Waals surface area contributed by atoms with Gasteiger partial charge in [0.2, 0.25) is 0 Å². The summed E-state index contributed by atoms with van der Waals surface area (Å²) >= 11 is 0. The normalized spacial score (nSPS) is 11.8. The third kappa shape index (κ3) is 3.90. The zero-order chi connectivity index (χ0) is 23.4. The van der Waals surface area contributed by atoms with Gasteiger partial charge >= 0.3 is 7.57 Å². The Morgan fingerprint density at radius 1 is 0.382 bits per heavy atom. The van der Waals surface area contributed by atoms with Crippen molar-refractivity contribution < 1.29 is 4.20 Å². The summed E-state index contributed by atoms with van der Waals surface area (Å²) in [4.78, 5) is 0. The molecule has 0 N–H and O–H groups in total. The molecule has 34 heavy (non-hydrogen) atoms. The number of halogens is 1. The van der Waals surface area contributed by atoms with Gasteiger partial charge in [-0.15, -0.1) is 0 Å². The molecule has 0 aliphatic heterocycles. The van der Waals surface area contributed by atoms with Gasteiger partial charge in [0.05, 0.1) is 6.66 Å². The van der Waals surface area contributed by atoms with Crippen molar-refractivity contribution in [3.63, 3.8) is 0 Å². The van der Waals surface area contributed by atoms with Gasteiger partial charge in [-0.25, -0.2) is 0 Å². The summed E-state index contributed by atoms with van der Waals surface area (Å²) in [5.74, 6) is 0. The molecule has 0 fully saturated rings.